The number of imidazole rings is 1. The number of phenolic OH excluding ortho intramolecular Hbond substituents is 1. The average Bonchev–Trinajstić information content (AvgIpc) is 2.96. The maximum absolute atomic E-state index is 12.3. The van der Waals surface area contributed by atoms with E-state index in [0.29, 0.717) is 22.6 Å². The zero-order chi connectivity index (χ0) is 18.2. The summed E-state index contributed by atoms with van der Waals surface area (Å²) in [6, 6.07) is 9.47. The van der Waals surface area contributed by atoms with Gasteiger partial charge in [0.05, 0.1) is 5.69 Å². The van der Waals surface area contributed by atoms with E-state index in [2.05, 4.69) is 10.3 Å². The van der Waals surface area contributed by atoms with Crippen molar-refractivity contribution in [3.8, 4) is 5.75 Å². The first-order chi connectivity index (χ1) is 11.7. The summed E-state index contributed by atoms with van der Waals surface area (Å²) < 4.78 is 1.71. The van der Waals surface area contributed by atoms with Crippen molar-refractivity contribution in [1.82, 2.24) is 9.38 Å². The van der Waals surface area contributed by atoms with E-state index in [1.54, 1.807) is 41.1 Å². The second kappa shape index (κ2) is 6.05. The van der Waals surface area contributed by atoms with Crippen molar-refractivity contribution in [3.05, 3.63) is 60.0 Å². The molecule has 2 heterocycles. The number of pyridine rings is 1. The highest BCUT2D eigenvalue weighted by molar-refractivity contribution is 6.04. The van der Waals surface area contributed by atoms with Gasteiger partial charge in [-0.05, 0) is 36.4 Å². The quantitative estimate of drug-likeness (QED) is 0.716. The fourth-order valence-corrected chi connectivity index (χ4v) is 2.38. The summed E-state index contributed by atoms with van der Waals surface area (Å²) in [5.41, 5.74) is 1.54. The number of Topliss-reactive ketones (excluding diaryl/α,β-unsaturated/α-hetero) is 1. The van der Waals surface area contributed by atoms with E-state index in [-0.39, 0.29) is 17.4 Å². The van der Waals surface area contributed by atoms with Gasteiger partial charge in [0.1, 0.15) is 17.1 Å². The lowest BCUT2D eigenvalue weighted by Crippen LogP contribution is -2.20. The molecule has 0 saturated carbocycles. The van der Waals surface area contributed by atoms with Crippen LogP contribution in [-0.4, -0.2) is 26.2 Å². The number of fused-ring (bicyclic) bond motifs is 1. The Morgan fingerprint density at radius 1 is 1.04 bits per heavy atom. The first kappa shape index (κ1) is 16.7. The molecule has 3 aromatic rings. The summed E-state index contributed by atoms with van der Waals surface area (Å²) in [4.78, 5) is 28.9. The van der Waals surface area contributed by atoms with Crippen molar-refractivity contribution in [1.29, 1.82) is 0 Å². The minimum Gasteiger partial charge on any atom is -0.508 e. The Balaban J connectivity index is 1.85. The van der Waals surface area contributed by atoms with E-state index in [9.17, 15) is 14.7 Å². The molecule has 1 aromatic carbocycles. The van der Waals surface area contributed by atoms with Gasteiger partial charge in [-0.1, -0.05) is 20.8 Å². The number of carbonyl (C=O) groups is 2. The predicted molar refractivity (Wildman–Crippen MR) is 95.0 cm³/mol. The lowest BCUT2D eigenvalue weighted by molar-refractivity contribution is 0.0853. The van der Waals surface area contributed by atoms with Gasteiger partial charge in [0.15, 0.2) is 5.78 Å². The number of aromatic hydroxyl groups is 1. The summed E-state index contributed by atoms with van der Waals surface area (Å²) in [5, 5.41) is 12.1. The molecule has 0 radical (unpaired) electrons. The maximum atomic E-state index is 12.3. The number of aromatic nitrogens is 2. The SMILES string of the molecule is CC(C)(C)C(=O)c1cn2cc(NC(=O)c3ccc(O)cc3)ccc2n1. The van der Waals surface area contributed by atoms with Crippen LogP contribution in [0.1, 0.15) is 41.6 Å². The Morgan fingerprint density at radius 2 is 1.72 bits per heavy atom. The number of hydrogen-bond acceptors (Lipinski definition) is 4. The smallest absolute Gasteiger partial charge is 0.255 e. The van der Waals surface area contributed by atoms with Crippen LogP contribution < -0.4 is 5.32 Å². The molecule has 0 fully saturated rings. The summed E-state index contributed by atoms with van der Waals surface area (Å²) in [5.74, 6) is -0.219. The number of anilines is 1. The van der Waals surface area contributed by atoms with Gasteiger partial charge in [-0.15, -0.1) is 0 Å². The summed E-state index contributed by atoms with van der Waals surface area (Å²) >= 11 is 0. The molecule has 128 valence electrons. The zero-order valence-electron chi connectivity index (χ0n) is 14.3. The van der Waals surface area contributed by atoms with Gasteiger partial charge in [0.25, 0.3) is 5.91 Å². The number of phenols is 1. The first-order valence-electron chi connectivity index (χ1n) is 7.88. The highest BCUT2D eigenvalue weighted by Gasteiger charge is 2.25. The first-order valence-corrected chi connectivity index (χ1v) is 7.88. The Labute approximate surface area is 145 Å². The standard InChI is InChI=1S/C19H19N3O3/c1-19(2,3)17(24)15-11-22-10-13(6-9-16(22)21-15)20-18(25)12-4-7-14(23)8-5-12/h4-11,23H,1-3H3,(H,20,25). The number of carbonyl (C=O) groups excluding carboxylic acids is 2. The second-order valence-corrected chi connectivity index (χ2v) is 6.89. The molecule has 6 nitrogen and oxygen atoms in total. The highest BCUT2D eigenvalue weighted by atomic mass is 16.3. The molecule has 0 unspecified atom stereocenters. The van der Waals surface area contributed by atoms with Crippen LogP contribution in [0.25, 0.3) is 5.65 Å². The molecule has 25 heavy (non-hydrogen) atoms. The van der Waals surface area contributed by atoms with Crippen LogP contribution >= 0.6 is 0 Å². The fraction of sp³-hybridized carbons (Fsp3) is 0.211. The Morgan fingerprint density at radius 3 is 2.36 bits per heavy atom. The van der Waals surface area contributed by atoms with Crippen LogP contribution in [0.5, 0.6) is 5.75 Å². The van der Waals surface area contributed by atoms with Crippen LogP contribution in [0.3, 0.4) is 0 Å². The minimum atomic E-state index is -0.506. The zero-order valence-corrected chi connectivity index (χ0v) is 14.3. The van der Waals surface area contributed by atoms with Crippen LogP contribution in [0.4, 0.5) is 5.69 Å². The largest absolute Gasteiger partial charge is 0.508 e. The number of nitrogens with zero attached hydrogens (tertiary/aromatic N) is 2. The lowest BCUT2D eigenvalue weighted by atomic mass is 9.89. The molecule has 3 rings (SSSR count). The highest BCUT2D eigenvalue weighted by Crippen LogP contribution is 2.21. The van der Waals surface area contributed by atoms with Crippen molar-refractivity contribution < 1.29 is 14.7 Å². The lowest BCUT2D eigenvalue weighted by Gasteiger charge is -2.13. The molecule has 0 aliphatic heterocycles. The van der Waals surface area contributed by atoms with Crippen molar-refractivity contribution in [2.75, 3.05) is 5.32 Å². The van der Waals surface area contributed by atoms with Crippen molar-refractivity contribution in [2.45, 2.75) is 20.8 Å². The molecule has 0 aliphatic carbocycles. The second-order valence-electron chi connectivity index (χ2n) is 6.89. The van der Waals surface area contributed by atoms with Crippen LogP contribution in [0, 0.1) is 5.41 Å². The Bertz CT molecular complexity index is 950. The van der Waals surface area contributed by atoms with Gasteiger partial charge >= 0.3 is 0 Å². The molecule has 0 aliphatic rings. The monoisotopic (exact) mass is 337 g/mol. The number of ketones is 1. The molecule has 6 heteroatoms. The Hall–Kier alpha value is -3.15. The van der Waals surface area contributed by atoms with Gasteiger partial charge in [-0.3, -0.25) is 9.59 Å². The van der Waals surface area contributed by atoms with Crippen LogP contribution in [0.2, 0.25) is 0 Å². The fourth-order valence-electron chi connectivity index (χ4n) is 2.38. The number of amides is 1. The van der Waals surface area contributed by atoms with E-state index < -0.39 is 5.41 Å². The Kier molecular flexibility index (Phi) is 4.04. The van der Waals surface area contributed by atoms with Gasteiger partial charge in [-0.2, -0.15) is 0 Å². The molecular formula is C19H19N3O3. The summed E-state index contributed by atoms with van der Waals surface area (Å²) in [7, 11) is 0. The van der Waals surface area contributed by atoms with Gasteiger partial charge in [-0.25, -0.2) is 4.98 Å². The number of benzene rings is 1. The molecule has 0 atom stereocenters. The van der Waals surface area contributed by atoms with Crippen LogP contribution in [0.15, 0.2) is 48.8 Å². The maximum Gasteiger partial charge on any atom is 0.255 e. The van der Waals surface area contributed by atoms with Crippen LogP contribution in [-0.2, 0) is 0 Å². The van der Waals surface area contributed by atoms with E-state index in [1.807, 2.05) is 20.8 Å². The van der Waals surface area contributed by atoms with Crippen molar-refractivity contribution in [2.24, 2.45) is 5.41 Å². The molecule has 1 amide bonds. The molecular weight excluding hydrogens is 318 g/mol. The number of nitrogens with one attached hydrogen (secondary N) is 1. The summed E-state index contributed by atoms with van der Waals surface area (Å²) in [6.45, 7) is 5.55. The molecule has 2 N–H and O–H groups in total. The van der Waals surface area contributed by atoms with Crippen molar-refractivity contribution in [3.63, 3.8) is 0 Å². The van der Waals surface area contributed by atoms with Gasteiger partial charge in [0, 0.05) is 23.4 Å². The number of rotatable bonds is 3. The van der Waals surface area contributed by atoms with E-state index in [0.717, 1.165) is 0 Å². The van der Waals surface area contributed by atoms with E-state index in [4.69, 9.17) is 0 Å². The third-order valence-electron chi connectivity index (χ3n) is 3.75. The summed E-state index contributed by atoms with van der Waals surface area (Å²) in [6.07, 6.45) is 3.37. The van der Waals surface area contributed by atoms with Gasteiger partial charge < -0.3 is 14.8 Å². The topological polar surface area (TPSA) is 83.7 Å². The molecule has 0 saturated heterocycles. The third-order valence-corrected chi connectivity index (χ3v) is 3.75. The third kappa shape index (κ3) is 3.52. The van der Waals surface area contributed by atoms with Gasteiger partial charge in [0.2, 0.25) is 0 Å². The van der Waals surface area contributed by atoms with E-state index in [1.165, 1.54) is 12.1 Å². The average molecular weight is 337 g/mol. The molecule has 2 aromatic heterocycles. The molecule has 0 spiro atoms. The predicted octanol–water partition coefficient (Wildman–Crippen LogP) is 3.52. The molecule has 0 bridgehead atoms. The normalized spacial score (nSPS) is 11.5. The van der Waals surface area contributed by atoms with E-state index >= 15 is 0 Å². The van der Waals surface area contributed by atoms with Crippen molar-refractivity contribution >= 4 is 23.0 Å². The number of hydrogen-bond donors (Lipinski definition) is 2. The minimum absolute atomic E-state index is 0.0362.